The number of rotatable bonds is 5. The predicted molar refractivity (Wildman–Crippen MR) is 85.8 cm³/mol. The van der Waals surface area contributed by atoms with Crippen LogP contribution in [0.5, 0.6) is 5.75 Å². The summed E-state index contributed by atoms with van der Waals surface area (Å²) in [5, 5.41) is 19.7. The Morgan fingerprint density at radius 1 is 1.14 bits per heavy atom. The minimum absolute atomic E-state index is 0.0394. The van der Waals surface area contributed by atoms with Gasteiger partial charge in [0.1, 0.15) is 5.75 Å². The van der Waals surface area contributed by atoms with Crippen molar-refractivity contribution >= 4 is 5.91 Å². The standard InChI is InChI=1S/C18H21NO3/c1-19(2)18(22)16-9-4-3-6-13(16)10-11-17(21)14-7-5-8-15(20)12-14/h3-9,12,17,20-21H,10-11H2,1-2H3. The first-order valence-electron chi connectivity index (χ1n) is 7.25. The summed E-state index contributed by atoms with van der Waals surface area (Å²) in [5.74, 6) is 0.0992. The Hall–Kier alpha value is -2.33. The van der Waals surface area contributed by atoms with E-state index in [2.05, 4.69) is 0 Å². The Balaban J connectivity index is 2.10. The van der Waals surface area contributed by atoms with Gasteiger partial charge in [-0.3, -0.25) is 4.79 Å². The van der Waals surface area contributed by atoms with Crippen LogP contribution in [0.3, 0.4) is 0 Å². The van der Waals surface area contributed by atoms with E-state index in [0.29, 0.717) is 24.0 Å². The van der Waals surface area contributed by atoms with Gasteiger partial charge in [-0.25, -0.2) is 0 Å². The zero-order valence-electron chi connectivity index (χ0n) is 12.9. The van der Waals surface area contributed by atoms with Crippen LogP contribution >= 0.6 is 0 Å². The van der Waals surface area contributed by atoms with E-state index >= 15 is 0 Å². The average Bonchev–Trinajstić information content (AvgIpc) is 2.52. The Bertz CT molecular complexity index is 652. The number of amides is 1. The Morgan fingerprint density at radius 2 is 1.86 bits per heavy atom. The molecule has 116 valence electrons. The lowest BCUT2D eigenvalue weighted by Crippen LogP contribution is -2.23. The number of hydrogen-bond donors (Lipinski definition) is 2. The van der Waals surface area contributed by atoms with E-state index in [1.165, 1.54) is 0 Å². The largest absolute Gasteiger partial charge is 0.508 e. The van der Waals surface area contributed by atoms with Crippen molar-refractivity contribution in [2.75, 3.05) is 14.1 Å². The molecule has 1 atom stereocenters. The third-order valence-electron chi connectivity index (χ3n) is 3.60. The topological polar surface area (TPSA) is 60.8 Å². The highest BCUT2D eigenvalue weighted by Gasteiger charge is 2.14. The second kappa shape index (κ2) is 7.09. The van der Waals surface area contributed by atoms with Crippen LogP contribution in [0.2, 0.25) is 0 Å². The SMILES string of the molecule is CN(C)C(=O)c1ccccc1CCC(O)c1cccc(O)c1. The maximum absolute atomic E-state index is 12.2. The highest BCUT2D eigenvalue weighted by molar-refractivity contribution is 5.95. The van der Waals surface area contributed by atoms with Gasteiger partial charge < -0.3 is 15.1 Å². The summed E-state index contributed by atoms with van der Waals surface area (Å²) >= 11 is 0. The molecule has 4 heteroatoms. The number of nitrogens with zero attached hydrogens (tertiary/aromatic N) is 1. The van der Waals surface area contributed by atoms with Crippen LogP contribution in [0.1, 0.15) is 34.0 Å². The number of carbonyl (C=O) groups excluding carboxylic acids is 1. The van der Waals surface area contributed by atoms with E-state index in [-0.39, 0.29) is 11.7 Å². The van der Waals surface area contributed by atoms with Crippen LogP contribution in [-0.2, 0) is 6.42 Å². The quantitative estimate of drug-likeness (QED) is 0.892. The first-order valence-corrected chi connectivity index (χ1v) is 7.25. The van der Waals surface area contributed by atoms with E-state index in [9.17, 15) is 15.0 Å². The van der Waals surface area contributed by atoms with E-state index in [1.807, 2.05) is 18.2 Å². The van der Waals surface area contributed by atoms with Crippen LogP contribution in [-0.4, -0.2) is 35.1 Å². The number of aliphatic hydroxyl groups excluding tert-OH is 1. The molecule has 0 radical (unpaired) electrons. The van der Waals surface area contributed by atoms with Crippen molar-refractivity contribution in [2.24, 2.45) is 0 Å². The molecule has 2 aromatic carbocycles. The second-order valence-corrected chi connectivity index (χ2v) is 5.51. The first-order chi connectivity index (χ1) is 10.5. The number of aromatic hydroxyl groups is 1. The molecule has 0 aliphatic carbocycles. The molecule has 0 aliphatic heterocycles. The van der Waals surface area contributed by atoms with Crippen LogP contribution < -0.4 is 0 Å². The fourth-order valence-electron chi connectivity index (χ4n) is 2.38. The lowest BCUT2D eigenvalue weighted by Gasteiger charge is -2.16. The molecular weight excluding hydrogens is 278 g/mol. The van der Waals surface area contributed by atoms with E-state index < -0.39 is 6.10 Å². The molecule has 0 aliphatic rings. The molecule has 2 rings (SSSR count). The van der Waals surface area contributed by atoms with Gasteiger partial charge in [0.2, 0.25) is 0 Å². The minimum Gasteiger partial charge on any atom is -0.508 e. The van der Waals surface area contributed by atoms with Crippen molar-refractivity contribution in [2.45, 2.75) is 18.9 Å². The number of aliphatic hydroxyl groups is 1. The smallest absolute Gasteiger partial charge is 0.253 e. The van der Waals surface area contributed by atoms with Gasteiger partial charge in [0.05, 0.1) is 6.10 Å². The Morgan fingerprint density at radius 3 is 2.55 bits per heavy atom. The minimum atomic E-state index is -0.672. The summed E-state index contributed by atoms with van der Waals surface area (Å²) in [5.41, 5.74) is 2.26. The molecule has 0 bridgehead atoms. The number of phenols is 1. The van der Waals surface area contributed by atoms with Gasteiger partial charge >= 0.3 is 0 Å². The summed E-state index contributed by atoms with van der Waals surface area (Å²) in [4.78, 5) is 13.7. The van der Waals surface area contributed by atoms with Gasteiger partial charge in [0.25, 0.3) is 5.91 Å². The molecule has 2 N–H and O–H groups in total. The maximum Gasteiger partial charge on any atom is 0.253 e. The normalized spacial score (nSPS) is 12.0. The predicted octanol–water partition coefficient (Wildman–Crippen LogP) is 2.76. The molecule has 0 spiro atoms. The second-order valence-electron chi connectivity index (χ2n) is 5.51. The molecule has 0 saturated heterocycles. The van der Waals surface area contributed by atoms with Crippen LogP contribution in [0.25, 0.3) is 0 Å². The fourth-order valence-corrected chi connectivity index (χ4v) is 2.38. The molecular formula is C18H21NO3. The van der Waals surface area contributed by atoms with Gasteiger partial charge in [-0.1, -0.05) is 30.3 Å². The van der Waals surface area contributed by atoms with Gasteiger partial charge in [0, 0.05) is 19.7 Å². The molecule has 0 heterocycles. The molecule has 22 heavy (non-hydrogen) atoms. The van der Waals surface area contributed by atoms with E-state index in [0.717, 1.165) is 5.56 Å². The highest BCUT2D eigenvalue weighted by atomic mass is 16.3. The summed E-state index contributed by atoms with van der Waals surface area (Å²) in [7, 11) is 3.45. The zero-order chi connectivity index (χ0) is 16.1. The van der Waals surface area contributed by atoms with Crippen molar-refractivity contribution in [3.63, 3.8) is 0 Å². The van der Waals surface area contributed by atoms with Gasteiger partial charge in [-0.05, 0) is 42.2 Å². The van der Waals surface area contributed by atoms with E-state index in [1.54, 1.807) is 49.3 Å². The number of hydrogen-bond acceptors (Lipinski definition) is 3. The summed E-state index contributed by atoms with van der Waals surface area (Å²) in [6.07, 6.45) is 0.405. The lowest BCUT2D eigenvalue weighted by molar-refractivity contribution is 0.0826. The monoisotopic (exact) mass is 299 g/mol. The van der Waals surface area contributed by atoms with Crippen molar-refractivity contribution < 1.29 is 15.0 Å². The van der Waals surface area contributed by atoms with Gasteiger partial charge in [-0.15, -0.1) is 0 Å². The summed E-state index contributed by atoms with van der Waals surface area (Å²) < 4.78 is 0. The number of aryl methyl sites for hydroxylation is 1. The molecule has 2 aromatic rings. The molecule has 0 fully saturated rings. The van der Waals surface area contributed by atoms with Crippen LogP contribution in [0, 0.1) is 0 Å². The summed E-state index contributed by atoms with van der Waals surface area (Å²) in [6.45, 7) is 0. The van der Waals surface area contributed by atoms with E-state index in [4.69, 9.17) is 0 Å². The van der Waals surface area contributed by atoms with Crippen molar-refractivity contribution in [3.05, 3.63) is 65.2 Å². The maximum atomic E-state index is 12.2. The Kier molecular flexibility index (Phi) is 5.17. The van der Waals surface area contributed by atoms with Crippen molar-refractivity contribution in [1.29, 1.82) is 0 Å². The molecule has 4 nitrogen and oxygen atoms in total. The molecule has 0 saturated carbocycles. The third kappa shape index (κ3) is 3.86. The molecule has 1 unspecified atom stereocenters. The average molecular weight is 299 g/mol. The number of benzene rings is 2. The van der Waals surface area contributed by atoms with Crippen LogP contribution in [0.4, 0.5) is 0 Å². The fraction of sp³-hybridized carbons (Fsp3) is 0.278. The molecule has 1 amide bonds. The third-order valence-corrected chi connectivity index (χ3v) is 3.60. The van der Waals surface area contributed by atoms with Gasteiger partial charge in [-0.2, -0.15) is 0 Å². The van der Waals surface area contributed by atoms with Crippen molar-refractivity contribution in [3.8, 4) is 5.75 Å². The lowest BCUT2D eigenvalue weighted by atomic mass is 9.97. The Labute approximate surface area is 130 Å². The number of carbonyl (C=O) groups is 1. The first kappa shape index (κ1) is 16.0. The molecule has 0 aromatic heterocycles. The summed E-state index contributed by atoms with van der Waals surface area (Å²) in [6, 6.07) is 14.1. The highest BCUT2D eigenvalue weighted by Crippen LogP contribution is 2.23. The number of phenolic OH excluding ortho intramolecular Hbond substituents is 1. The zero-order valence-corrected chi connectivity index (χ0v) is 12.9. The van der Waals surface area contributed by atoms with Crippen molar-refractivity contribution in [1.82, 2.24) is 4.90 Å². The van der Waals surface area contributed by atoms with Crippen LogP contribution in [0.15, 0.2) is 48.5 Å². The van der Waals surface area contributed by atoms with Gasteiger partial charge in [0.15, 0.2) is 0 Å².